The van der Waals surface area contributed by atoms with Gasteiger partial charge in [0.1, 0.15) is 11.9 Å². The molecule has 0 amide bonds. The first-order valence-electron chi connectivity index (χ1n) is 9.26. The lowest BCUT2D eigenvalue weighted by atomic mass is 9.78. The number of nitrogens with one attached hydrogen (secondary N) is 1. The number of ether oxygens (including phenoxy) is 1. The Kier molecular flexibility index (Phi) is 8.33. The Hall–Kier alpha value is -0.230. The maximum Gasteiger partial charge on any atom is 0.138 e. The molecule has 0 bridgehead atoms. The van der Waals surface area contributed by atoms with E-state index >= 15 is 0 Å². The lowest BCUT2D eigenvalue weighted by Gasteiger charge is -2.35. The lowest BCUT2D eigenvalue weighted by molar-refractivity contribution is -0.0231. The van der Waals surface area contributed by atoms with E-state index in [1.54, 1.807) is 0 Å². The minimum atomic E-state index is -0.399. The summed E-state index contributed by atoms with van der Waals surface area (Å²) in [5.41, 5.74) is 1.13. The number of aliphatic hydroxyl groups is 1. The average Bonchev–Trinajstić information content (AvgIpc) is 3.23. The lowest BCUT2D eigenvalue weighted by Crippen LogP contribution is -2.42. The fourth-order valence-electron chi connectivity index (χ4n) is 4.50. The highest BCUT2D eigenvalue weighted by molar-refractivity contribution is 6.32. The van der Waals surface area contributed by atoms with E-state index < -0.39 is 6.10 Å². The summed E-state index contributed by atoms with van der Waals surface area (Å²) in [5, 5.41) is 14.6. The highest BCUT2D eigenvalue weighted by atomic mass is 35.5. The molecule has 4 rings (SSSR count). The second kappa shape index (κ2) is 9.81. The summed E-state index contributed by atoms with van der Waals surface area (Å²) >= 11 is 6.62. The number of likely N-dealkylation sites (tertiary alicyclic amines) is 1. The van der Waals surface area contributed by atoms with Gasteiger partial charge in [-0.3, -0.25) is 4.90 Å². The Labute approximate surface area is 173 Å². The van der Waals surface area contributed by atoms with Crippen LogP contribution in [0.25, 0.3) is 0 Å². The normalized spacial score (nSPS) is 31.0. The first-order valence-corrected chi connectivity index (χ1v) is 9.63. The van der Waals surface area contributed by atoms with Crippen LogP contribution in [-0.4, -0.2) is 48.4 Å². The largest absolute Gasteiger partial charge is 0.486 e. The van der Waals surface area contributed by atoms with E-state index in [0.29, 0.717) is 16.9 Å². The van der Waals surface area contributed by atoms with Crippen LogP contribution in [0, 0.1) is 11.8 Å². The molecule has 1 saturated carbocycles. The van der Waals surface area contributed by atoms with Gasteiger partial charge >= 0.3 is 0 Å². The van der Waals surface area contributed by atoms with Crippen LogP contribution in [0.4, 0.5) is 0 Å². The van der Waals surface area contributed by atoms with Crippen LogP contribution in [0.15, 0.2) is 18.2 Å². The van der Waals surface area contributed by atoms with E-state index in [1.165, 1.54) is 12.8 Å². The fourth-order valence-corrected chi connectivity index (χ4v) is 4.73. The van der Waals surface area contributed by atoms with E-state index in [4.69, 9.17) is 16.3 Å². The van der Waals surface area contributed by atoms with Gasteiger partial charge in [-0.1, -0.05) is 23.7 Å². The molecule has 3 fully saturated rings. The maximum atomic E-state index is 10.5. The summed E-state index contributed by atoms with van der Waals surface area (Å²) in [4.78, 5) is 2.44. The molecule has 3 aliphatic rings. The van der Waals surface area contributed by atoms with Gasteiger partial charge in [0.15, 0.2) is 0 Å². The molecule has 7 heteroatoms. The van der Waals surface area contributed by atoms with Gasteiger partial charge in [-0.05, 0) is 75.3 Å². The quantitative estimate of drug-likeness (QED) is 0.778. The third-order valence-corrected chi connectivity index (χ3v) is 6.33. The summed E-state index contributed by atoms with van der Waals surface area (Å²) < 4.78 is 6.18. The number of rotatable bonds is 4. The van der Waals surface area contributed by atoms with Crippen molar-refractivity contribution in [3.05, 3.63) is 28.8 Å². The molecule has 2 N–H and O–H groups in total. The first kappa shape index (κ1) is 22.1. The van der Waals surface area contributed by atoms with Crippen LogP contribution in [0.3, 0.4) is 0 Å². The van der Waals surface area contributed by atoms with Crippen molar-refractivity contribution in [3.63, 3.8) is 0 Å². The van der Waals surface area contributed by atoms with E-state index in [2.05, 4.69) is 16.3 Å². The number of fused-ring (bicyclic) bond motifs is 1. The van der Waals surface area contributed by atoms with Crippen LogP contribution < -0.4 is 10.1 Å². The van der Waals surface area contributed by atoms with Crippen molar-refractivity contribution in [1.82, 2.24) is 10.2 Å². The van der Waals surface area contributed by atoms with Crippen molar-refractivity contribution in [2.24, 2.45) is 11.8 Å². The highest BCUT2D eigenvalue weighted by Crippen LogP contribution is 2.37. The summed E-state index contributed by atoms with van der Waals surface area (Å²) in [6, 6.07) is 6.03. The number of hydrogen-bond donors (Lipinski definition) is 2. The van der Waals surface area contributed by atoms with E-state index in [1.807, 2.05) is 12.1 Å². The first-order chi connectivity index (χ1) is 11.7. The molecule has 4 nitrogen and oxygen atoms in total. The number of halogens is 3. The van der Waals surface area contributed by atoms with Crippen molar-refractivity contribution < 1.29 is 9.84 Å². The van der Waals surface area contributed by atoms with Gasteiger partial charge in [0, 0.05) is 6.54 Å². The van der Waals surface area contributed by atoms with Gasteiger partial charge in [-0.25, -0.2) is 0 Å². The Morgan fingerprint density at radius 1 is 1.12 bits per heavy atom. The summed E-state index contributed by atoms with van der Waals surface area (Å²) in [6.07, 6.45) is 3.74. The van der Waals surface area contributed by atoms with Crippen LogP contribution >= 0.6 is 36.4 Å². The van der Waals surface area contributed by atoms with Crippen LogP contribution in [0.2, 0.25) is 5.02 Å². The predicted molar refractivity (Wildman–Crippen MR) is 110 cm³/mol. The van der Waals surface area contributed by atoms with Crippen molar-refractivity contribution in [2.45, 2.75) is 44.4 Å². The average molecular weight is 424 g/mol. The molecule has 2 saturated heterocycles. The molecule has 0 aromatic heterocycles. The maximum absolute atomic E-state index is 10.5. The van der Waals surface area contributed by atoms with Gasteiger partial charge in [0.2, 0.25) is 0 Å². The molecular formula is C19H29Cl3N2O2. The standard InChI is InChI=1S/C19H27ClN2O2.2ClH/c20-19-13(12-22-6-1-2-7-22)4-3-5-17(19)24-18-9-15-11-21-10-14(15)8-16(18)23;;/h3-5,14-16,18,21,23H,1-2,6-12H2;2*1H/t14-,15+,16+,18+;;/m0../s1. The molecule has 0 spiro atoms. The van der Waals surface area contributed by atoms with Crippen molar-refractivity contribution >= 4 is 36.4 Å². The van der Waals surface area contributed by atoms with E-state index in [0.717, 1.165) is 56.9 Å². The smallest absolute Gasteiger partial charge is 0.138 e. The van der Waals surface area contributed by atoms with Crippen molar-refractivity contribution in [2.75, 3.05) is 26.2 Å². The molecule has 0 radical (unpaired) electrons. The summed E-state index contributed by atoms with van der Waals surface area (Å²) in [5.74, 6) is 1.93. The van der Waals surface area contributed by atoms with Crippen LogP contribution in [0.1, 0.15) is 31.2 Å². The molecular weight excluding hydrogens is 395 g/mol. The zero-order chi connectivity index (χ0) is 16.5. The fraction of sp³-hybridized carbons (Fsp3) is 0.684. The number of benzene rings is 1. The minimum absolute atomic E-state index is 0. The number of hydrogen-bond acceptors (Lipinski definition) is 4. The molecule has 2 aliphatic heterocycles. The monoisotopic (exact) mass is 422 g/mol. The van der Waals surface area contributed by atoms with E-state index in [9.17, 15) is 5.11 Å². The van der Waals surface area contributed by atoms with E-state index in [-0.39, 0.29) is 30.9 Å². The number of aliphatic hydroxyl groups excluding tert-OH is 1. The highest BCUT2D eigenvalue weighted by Gasteiger charge is 2.40. The molecule has 1 aliphatic carbocycles. The second-order valence-electron chi connectivity index (χ2n) is 7.59. The third-order valence-electron chi connectivity index (χ3n) is 5.90. The van der Waals surface area contributed by atoms with Crippen LogP contribution in [0.5, 0.6) is 5.75 Å². The molecule has 2 heterocycles. The van der Waals surface area contributed by atoms with Crippen molar-refractivity contribution in [1.29, 1.82) is 0 Å². The van der Waals surface area contributed by atoms with Crippen LogP contribution in [-0.2, 0) is 6.54 Å². The predicted octanol–water partition coefficient (Wildman–Crippen LogP) is 3.52. The Morgan fingerprint density at radius 3 is 2.54 bits per heavy atom. The number of nitrogens with zero attached hydrogens (tertiary/aromatic N) is 1. The molecule has 4 atom stereocenters. The van der Waals surface area contributed by atoms with Gasteiger partial charge in [-0.15, -0.1) is 24.8 Å². The van der Waals surface area contributed by atoms with Gasteiger partial charge in [-0.2, -0.15) is 0 Å². The Bertz CT molecular complexity index is 584. The SMILES string of the molecule is Cl.Cl.O[C@@H]1C[C@H]2CNC[C@H]2C[C@H]1Oc1cccc(CN2CCCC2)c1Cl. The van der Waals surface area contributed by atoms with Gasteiger partial charge in [0.25, 0.3) is 0 Å². The van der Waals surface area contributed by atoms with Gasteiger partial charge in [0.05, 0.1) is 11.1 Å². The molecule has 1 aromatic carbocycles. The third kappa shape index (κ3) is 4.78. The second-order valence-corrected chi connectivity index (χ2v) is 7.96. The summed E-state index contributed by atoms with van der Waals surface area (Å²) in [6.45, 7) is 5.26. The Balaban J connectivity index is 0.00000121. The molecule has 1 aromatic rings. The summed E-state index contributed by atoms with van der Waals surface area (Å²) in [7, 11) is 0. The zero-order valence-electron chi connectivity index (χ0n) is 14.9. The molecule has 0 unspecified atom stereocenters. The molecule has 148 valence electrons. The van der Waals surface area contributed by atoms with Gasteiger partial charge < -0.3 is 15.2 Å². The minimum Gasteiger partial charge on any atom is -0.486 e. The zero-order valence-corrected chi connectivity index (χ0v) is 17.3. The Morgan fingerprint density at radius 2 is 1.81 bits per heavy atom. The topological polar surface area (TPSA) is 44.7 Å². The van der Waals surface area contributed by atoms with Crippen molar-refractivity contribution in [3.8, 4) is 5.75 Å². The molecule has 26 heavy (non-hydrogen) atoms.